The van der Waals surface area contributed by atoms with E-state index in [9.17, 15) is 4.79 Å². The number of rotatable bonds is 16. The number of piperidine rings is 1. The van der Waals surface area contributed by atoms with Gasteiger partial charge in [0.1, 0.15) is 0 Å². The van der Waals surface area contributed by atoms with E-state index in [1.54, 1.807) is 40.6 Å². The van der Waals surface area contributed by atoms with E-state index < -0.39 is 12.3 Å². The molecule has 1 saturated heterocycles. The Hall–Kier alpha value is -4.82. The first-order valence-corrected chi connectivity index (χ1v) is 21.1. The largest absolute Gasteiger partial charge is 0.493 e. The lowest BCUT2D eigenvalue weighted by atomic mass is 9.72. The summed E-state index contributed by atoms with van der Waals surface area (Å²) in [5.74, 6) is 2.88. The predicted molar refractivity (Wildman–Crippen MR) is 224 cm³/mol. The van der Waals surface area contributed by atoms with Crippen LogP contribution in [0.15, 0.2) is 60.4 Å². The van der Waals surface area contributed by atoms with Gasteiger partial charge in [0.05, 0.1) is 73.6 Å². The molecule has 4 heterocycles. The van der Waals surface area contributed by atoms with Crippen LogP contribution in [0.5, 0.6) is 23.0 Å². The molecule has 3 aromatic carbocycles. The maximum absolute atomic E-state index is 15.2. The van der Waals surface area contributed by atoms with E-state index in [0.29, 0.717) is 48.3 Å². The second kappa shape index (κ2) is 19.7. The van der Waals surface area contributed by atoms with E-state index >= 15 is 4.79 Å². The van der Waals surface area contributed by atoms with Crippen LogP contribution in [0.4, 0.5) is 0 Å². The van der Waals surface area contributed by atoms with Crippen molar-refractivity contribution in [2.24, 2.45) is 11.8 Å². The van der Waals surface area contributed by atoms with Crippen molar-refractivity contribution in [2.45, 2.75) is 69.7 Å². The molecule has 6 atom stereocenters. The van der Waals surface area contributed by atoms with Gasteiger partial charge in [0, 0.05) is 38.0 Å². The number of hydrogen-bond donors (Lipinski definition) is 1. The summed E-state index contributed by atoms with van der Waals surface area (Å²) in [6, 6.07) is 15.6. The standard InChI is InChI=1S/C47H60N2O11/c1-7-29-28-48-14-12-32-22-40(53-2)42(55-4)26-36(32)38(48)20-34(29)21-39-37-27-43(56-5)41(54-3)23-33(37)13-15-49(39)46(51)44-24-35(25-45(60-44)59-19-18-58-17-16-50)30-8-10-31(11-9-30)47(52)57-6/h8-11,22-24,26-27,29,34-35,38-39,45,50H,7,12-21,25,28H2,1-6H3. The summed E-state index contributed by atoms with van der Waals surface area (Å²) < 4.78 is 46.0. The molecule has 0 bridgehead atoms. The highest BCUT2D eigenvalue weighted by Crippen LogP contribution is 2.50. The molecule has 1 fully saturated rings. The molecule has 1 N–H and O–H groups in total. The van der Waals surface area contributed by atoms with Gasteiger partial charge in [-0.2, -0.15) is 0 Å². The van der Waals surface area contributed by atoms with Crippen molar-refractivity contribution in [3.8, 4) is 23.0 Å². The van der Waals surface area contributed by atoms with Gasteiger partial charge < -0.3 is 47.9 Å². The summed E-state index contributed by atoms with van der Waals surface area (Å²) in [5, 5.41) is 9.17. The molecule has 13 nitrogen and oxygen atoms in total. The number of nitrogens with zero attached hydrogens (tertiary/aromatic N) is 2. The molecule has 60 heavy (non-hydrogen) atoms. The number of hydrogen-bond acceptors (Lipinski definition) is 12. The monoisotopic (exact) mass is 828 g/mol. The third-order valence-electron chi connectivity index (χ3n) is 12.9. The van der Waals surface area contributed by atoms with Crippen LogP contribution in [0, 0.1) is 11.8 Å². The molecule has 0 aromatic heterocycles. The second-order valence-corrected chi connectivity index (χ2v) is 16.0. The number of amides is 1. The number of aliphatic hydroxyl groups excluding tert-OH is 1. The number of carbonyl (C=O) groups is 2. The van der Waals surface area contributed by atoms with Crippen LogP contribution in [-0.4, -0.2) is 115 Å². The van der Waals surface area contributed by atoms with E-state index in [-0.39, 0.29) is 56.1 Å². The predicted octanol–water partition coefficient (Wildman–Crippen LogP) is 6.41. The van der Waals surface area contributed by atoms with Crippen LogP contribution in [0.2, 0.25) is 0 Å². The highest BCUT2D eigenvalue weighted by molar-refractivity contribution is 5.92. The Bertz CT molecular complexity index is 2000. The molecule has 0 aliphatic carbocycles. The minimum Gasteiger partial charge on any atom is -0.493 e. The van der Waals surface area contributed by atoms with Gasteiger partial charge in [-0.15, -0.1) is 0 Å². The van der Waals surface area contributed by atoms with Gasteiger partial charge in [-0.1, -0.05) is 25.5 Å². The number of aliphatic hydroxyl groups is 1. The van der Waals surface area contributed by atoms with Crippen molar-refractivity contribution in [1.29, 1.82) is 0 Å². The Balaban J connectivity index is 1.23. The summed E-state index contributed by atoms with van der Waals surface area (Å²) >= 11 is 0. The Morgan fingerprint density at radius 2 is 1.43 bits per heavy atom. The molecule has 13 heteroatoms. The molecule has 0 saturated carbocycles. The SMILES string of the molecule is CCC1CN2CCc3cc(OC)c(OC)cc3C2CC1CC1c2cc(OC)c(OC)cc2CCN1C(=O)C1=CC(c2ccc(C(=O)OC)cc2)CC(OCCOCCO)O1. The Morgan fingerprint density at radius 3 is 2.08 bits per heavy atom. The van der Waals surface area contributed by atoms with E-state index in [1.807, 2.05) is 23.1 Å². The van der Waals surface area contributed by atoms with Crippen molar-refractivity contribution in [2.75, 3.05) is 81.6 Å². The third kappa shape index (κ3) is 9.09. The summed E-state index contributed by atoms with van der Waals surface area (Å²) in [4.78, 5) is 32.0. The lowest BCUT2D eigenvalue weighted by Gasteiger charge is -2.49. The van der Waals surface area contributed by atoms with Crippen molar-refractivity contribution >= 4 is 11.9 Å². The minimum atomic E-state index is -0.729. The number of ether oxygens (including phenoxy) is 8. The van der Waals surface area contributed by atoms with Crippen molar-refractivity contribution in [1.82, 2.24) is 9.80 Å². The average molecular weight is 829 g/mol. The highest BCUT2D eigenvalue weighted by Gasteiger charge is 2.43. The fourth-order valence-electron chi connectivity index (χ4n) is 9.74. The number of esters is 1. The van der Waals surface area contributed by atoms with Gasteiger partial charge in [0.2, 0.25) is 6.29 Å². The van der Waals surface area contributed by atoms with Crippen molar-refractivity contribution in [3.63, 3.8) is 0 Å². The Morgan fingerprint density at radius 1 is 0.783 bits per heavy atom. The zero-order valence-corrected chi connectivity index (χ0v) is 35.8. The topological polar surface area (TPSA) is 135 Å². The van der Waals surface area contributed by atoms with Crippen LogP contribution in [-0.2, 0) is 36.6 Å². The summed E-state index contributed by atoms with van der Waals surface area (Å²) in [6.07, 6.45) is 5.94. The number of fused-ring (bicyclic) bond motifs is 4. The normalized spacial score (nSPS) is 23.6. The fourth-order valence-corrected chi connectivity index (χ4v) is 9.74. The molecule has 6 unspecified atom stereocenters. The van der Waals surface area contributed by atoms with Gasteiger partial charge in [-0.3, -0.25) is 9.69 Å². The average Bonchev–Trinajstić information content (AvgIpc) is 3.29. The van der Waals surface area contributed by atoms with Gasteiger partial charge in [0.25, 0.3) is 5.91 Å². The third-order valence-corrected chi connectivity index (χ3v) is 12.9. The zero-order chi connectivity index (χ0) is 42.3. The molecule has 0 spiro atoms. The van der Waals surface area contributed by atoms with Crippen LogP contribution < -0.4 is 18.9 Å². The molecule has 0 radical (unpaired) electrons. The zero-order valence-electron chi connectivity index (χ0n) is 35.8. The maximum atomic E-state index is 15.2. The maximum Gasteiger partial charge on any atom is 0.337 e. The number of benzene rings is 3. The quantitative estimate of drug-likeness (QED) is 0.126. The molecule has 7 rings (SSSR count). The highest BCUT2D eigenvalue weighted by atomic mass is 16.7. The Kier molecular flexibility index (Phi) is 14.2. The van der Waals surface area contributed by atoms with E-state index in [4.69, 9.17) is 43.0 Å². The summed E-state index contributed by atoms with van der Waals surface area (Å²) in [7, 11) is 8.02. The molecule has 4 aliphatic rings. The first-order chi connectivity index (χ1) is 29.2. The Labute approximate surface area is 353 Å². The first kappa shape index (κ1) is 43.3. The number of carbonyl (C=O) groups excluding carboxylic acids is 2. The number of methoxy groups -OCH3 is 5. The lowest BCUT2D eigenvalue weighted by molar-refractivity contribution is -0.158. The fraction of sp³-hybridized carbons (Fsp3) is 0.532. The van der Waals surface area contributed by atoms with E-state index in [2.05, 4.69) is 36.1 Å². The molecular formula is C47H60N2O11. The molecule has 324 valence electrons. The van der Waals surface area contributed by atoms with Crippen LogP contribution in [0.25, 0.3) is 0 Å². The van der Waals surface area contributed by atoms with Gasteiger partial charge in [0.15, 0.2) is 28.8 Å². The van der Waals surface area contributed by atoms with Crippen molar-refractivity contribution in [3.05, 3.63) is 93.7 Å². The van der Waals surface area contributed by atoms with Gasteiger partial charge in [-0.25, -0.2) is 4.79 Å². The van der Waals surface area contributed by atoms with Crippen LogP contribution in [0.3, 0.4) is 0 Å². The molecule has 4 aliphatic heterocycles. The smallest absolute Gasteiger partial charge is 0.337 e. The lowest BCUT2D eigenvalue weighted by Crippen LogP contribution is -2.48. The van der Waals surface area contributed by atoms with E-state index in [1.165, 1.54) is 18.2 Å². The van der Waals surface area contributed by atoms with Crippen LogP contribution >= 0.6 is 0 Å². The molecule has 3 aromatic rings. The van der Waals surface area contributed by atoms with Gasteiger partial charge >= 0.3 is 5.97 Å². The minimum absolute atomic E-state index is 0.0835. The van der Waals surface area contributed by atoms with Crippen molar-refractivity contribution < 1.29 is 52.6 Å². The summed E-state index contributed by atoms with van der Waals surface area (Å²) in [5.41, 5.74) is 6.14. The molecular weight excluding hydrogens is 769 g/mol. The first-order valence-electron chi connectivity index (χ1n) is 21.1. The summed E-state index contributed by atoms with van der Waals surface area (Å²) in [6.45, 7) is 5.35. The van der Waals surface area contributed by atoms with Gasteiger partial charge in [-0.05, 0) is 108 Å². The second-order valence-electron chi connectivity index (χ2n) is 16.0. The van der Waals surface area contributed by atoms with E-state index in [0.717, 1.165) is 67.0 Å². The number of allylic oxidation sites excluding steroid dienone is 1. The van der Waals surface area contributed by atoms with Crippen LogP contribution in [0.1, 0.15) is 88.8 Å². The molecule has 1 amide bonds.